The molecule has 1 aromatic heterocycles. The third kappa shape index (κ3) is 2.92. The van der Waals surface area contributed by atoms with Crippen molar-refractivity contribution in [2.75, 3.05) is 0 Å². The number of aliphatic hydroxyl groups excluding tert-OH is 1. The molecule has 0 spiro atoms. The summed E-state index contributed by atoms with van der Waals surface area (Å²) in [5.74, 6) is 0. The van der Waals surface area contributed by atoms with Crippen molar-refractivity contribution in [3.8, 4) is 0 Å². The number of hydrogen-bond donors (Lipinski definition) is 1. The van der Waals surface area contributed by atoms with E-state index in [0.29, 0.717) is 0 Å². The van der Waals surface area contributed by atoms with Gasteiger partial charge in [-0.1, -0.05) is 12.1 Å². The van der Waals surface area contributed by atoms with Gasteiger partial charge < -0.3 is 9.52 Å². The van der Waals surface area contributed by atoms with E-state index in [4.69, 9.17) is 4.42 Å². The third-order valence-corrected chi connectivity index (χ3v) is 2.61. The van der Waals surface area contributed by atoms with Gasteiger partial charge in [-0.15, -0.1) is 0 Å². The second-order valence-corrected chi connectivity index (χ2v) is 3.97. The van der Waals surface area contributed by atoms with Crippen molar-refractivity contribution in [1.82, 2.24) is 0 Å². The van der Waals surface area contributed by atoms with Gasteiger partial charge in [-0.2, -0.15) is 13.2 Å². The zero-order valence-corrected chi connectivity index (χ0v) is 9.32. The highest BCUT2D eigenvalue weighted by Crippen LogP contribution is 2.31. The lowest BCUT2D eigenvalue weighted by Gasteiger charge is -2.12. The maximum absolute atomic E-state index is 12.5. The topological polar surface area (TPSA) is 33.4 Å². The molecule has 0 amide bonds. The van der Waals surface area contributed by atoms with E-state index in [1.165, 1.54) is 24.7 Å². The molecule has 0 radical (unpaired) electrons. The summed E-state index contributed by atoms with van der Waals surface area (Å²) in [6.45, 7) is 0. The van der Waals surface area contributed by atoms with Gasteiger partial charge in [0.05, 0.1) is 24.2 Å². The van der Waals surface area contributed by atoms with E-state index >= 15 is 0 Å². The van der Waals surface area contributed by atoms with Crippen molar-refractivity contribution in [2.45, 2.75) is 18.7 Å². The molecule has 18 heavy (non-hydrogen) atoms. The summed E-state index contributed by atoms with van der Waals surface area (Å²) in [5, 5.41) is 9.87. The Balaban J connectivity index is 2.18. The fourth-order valence-corrected chi connectivity index (χ4v) is 1.67. The number of rotatable bonds is 3. The molecule has 0 saturated heterocycles. The molecule has 0 saturated carbocycles. The quantitative estimate of drug-likeness (QED) is 0.910. The lowest BCUT2D eigenvalue weighted by Crippen LogP contribution is -2.07. The Morgan fingerprint density at radius 3 is 2.61 bits per heavy atom. The van der Waals surface area contributed by atoms with Crippen LogP contribution in [0.3, 0.4) is 0 Å². The van der Waals surface area contributed by atoms with Crippen molar-refractivity contribution in [1.29, 1.82) is 0 Å². The molecule has 0 aliphatic heterocycles. The molecule has 0 fully saturated rings. The van der Waals surface area contributed by atoms with Crippen LogP contribution in [0.25, 0.3) is 0 Å². The Labute approximate surface area is 102 Å². The zero-order valence-electron chi connectivity index (χ0n) is 9.32. The predicted molar refractivity (Wildman–Crippen MR) is 58.8 cm³/mol. The van der Waals surface area contributed by atoms with Crippen LogP contribution in [0.5, 0.6) is 0 Å². The van der Waals surface area contributed by atoms with Gasteiger partial charge in [0.1, 0.15) is 0 Å². The first-order valence-electron chi connectivity index (χ1n) is 5.33. The second-order valence-electron chi connectivity index (χ2n) is 3.97. The summed E-state index contributed by atoms with van der Waals surface area (Å²) in [5.41, 5.74) is 0.220. The summed E-state index contributed by atoms with van der Waals surface area (Å²) in [7, 11) is 0. The van der Waals surface area contributed by atoms with Gasteiger partial charge in [0.2, 0.25) is 0 Å². The highest BCUT2D eigenvalue weighted by Gasteiger charge is 2.30. The van der Waals surface area contributed by atoms with Crippen molar-refractivity contribution in [3.05, 3.63) is 59.5 Å². The van der Waals surface area contributed by atoms with E-state index in [0.717, 1.165) is 17.7 Å². The molecule has 0 aliphatic rings. The van der Waals surface area contributed by atoms with Gasteiger partial charge in [-0.05, 0) is 29.3 Å². The molecule has 96 valence electrons. The van der Waals surface area contributed by atoms with Gasteiger partial charge in [0, 0.05) is 6.42 Å². The average molecular weight is 256 g/mol. The average Bonchev–Trinajstić information content (AvgIpc) is 2.81. The molecule has 0 aliphatic carbocycles. The molecule has 1 atom stereocenters. The van der Waals surface area contributed by atoms with Crippen LogP contribution in [-0.2, 0) is 12.6 Å². The molecular formula is C13H11F3O2. The van der Waals surface area contributed by atoms with Crippen LogP contribution in [-0.4, -0.2) is 5.11 Å². The normalized spacial score (nSPS) is 13.6. The molecular weight excluding hydrogens is 245 g/mol. The van der Waals surface area contributed by atoms with Crippen molar-refractivity contribution in [3.63, 3.8) is 0 Å². The Morgan fingerprint density at radius 1 is 1.22 bits per heavy atom. The molecule has 1 unspecified atom stereocenters. The number of halogens is 3. The van der Waals surface area contributed by atoms with Crippen LogP contribution in [0.2, 0.25) is 0 Å². The van der Waals surface area contributed by atoms with Crippen molar-refractivity contribution >= 4 is 0 Å². The Morgan fingerprint density at radius 2 is 2.00 bits per heavy atom. The Bertz CT molecular complexity index is 503. The fraction of sp³-hybridized carbons (Fsp3) is 0.231. The van der Waals surface area contributed by atoms with Crippen LogP contribution in [0.1, 0.15) is 22.8 Å². The lowest BCUT2D eigenvalue weighted by atomic mass is 10.0. The van der Waals surface area contributed by atoms with Crippen LogP contribution in [0.4, 0.5) is 13.2 Å². The van der Waals surface area contributed by atoms with Crippen LogP contribution in [0.15, 0.2) is 47.3 Å². The van der Waals surface area contributed by atoms with Gasteiger partial charge in [0.15, 0.2) is 0 Å². The minimum Gasteiger partial charge on any atom is -0.472 e. The third-order valence-electron chi connectivity index (χ3n) is 2.61. The Hall–Kier alpha value is -1.75. The summed E-state index contributed by atoms with van der Waals surface area (Å²) in [4.78, 5) is 0. The second kappa shape index (κ2) is 4.86. The summed E-state index contributed by atoms with van der Waals surface area (Å²) < 4.78 is 42.4. The number of aliphatic hydroxyl groups is 1. The summed E-state index contributed by atoms with van der Waals surface area (Å²) in [6.07, 6.45) is -2.25. The van der Waals surface area contributed by atoms with Gasteiger partial charge in [0.25, 0.3) is 0 Å². The molecule has 2 rings (SSSR count). The number of alkyl halides is 3. The fourth-order valence-electron chi connectivity index (χ4n) is 1.67. The first kappa shape index (κ1) is 12.7. The summed E-state index contributed by atoms with van der Waals surface area (Å²) in [6, 6.07) is 6.37. The van der Waals surface area contributed by atoms with Crippen molar-refractivity contribution in [2.24, 2.45) is 0 Å². The maximum Gasteiger partial charge on any atom is 0.416 e. The number of furan rings is 1. The van der Waals surface area contributed by atoms with Crippen molar-refractivity contribution < 1.29 is 22.7 Å². The van der Waals surface area contributed by atoms with E-state index in [-0.39, 0.29) is 12.0 Å². The minimum atomic E-state index is -4.40. The minimum absolute atomic E-state index is 0.220. The van der Waals surface area contributed by atoms with Gasteiger partial charge in [-0.25, -0.2) is 0 Å². The van der Waals surface area contributed by atoms with E-state index < -0.39 is 17.8 Å². The van der Waals surface area contributed by atoms with Crippen LogP contribution >= 0.6 is 0 Å². The first-order chi connectivity index (χ1) is 8.47. The SMILES string of the molecule is OC(Cc1ccoc1)c1cccc(C(F)(F)F)c1. The number of hydrogen-bond acceptors (Lipinski definition) is 2. The van der Waals surface area contributed by atoms with Crippen LogP contribution < -0.4 is 0 Å². The van der Waals surface area contributed by atoms with E-state index in [1.807, 2.05) is 0 Å². The summed E-state index contributed by atoms with van der Waals surface area (Å²) >= 11 is 0. The first-order valence-corrected chi connectivity index (χ1v) is 5.33. The molecule has 5 heteroatoms. The highest BCUT2D eigenvalue weighted by atomic mass is 19.4. The van der Waals surface area contributed by atoms with E-state index in [9.17, 15) is 18.3 Å². The largest absolute Gasteiger partial charge is 0.472 e. The van der Waals surface area contributed by atoms with E-state index in [2.05, 4.69) is 0 Å². The molecule has 2 aromatic rings. The number of benzene rings is 1. The van der Waals surface area contributed by atoms with Crippen LogP contribution in [0, 0.1) is 0 Å². The maximum atomic E-state index is 12.5. The molecule has 0 bridgehead atoms. The monoisotopic (exact) mass is 256 g/mol. The molecule has 1 N–H and O–H groups in total. The highest BCUT2D eigenvalue weighted by molar-refractivity contribution is 5.28. The smallest absolute Gasteiger partial charge is 0.416 e. The van der Waals surface area contributed by atoms with E-state index in [1.54, 1.807) is 6.07 Å². The predicted octanol–water partition coefficient (Wildman–Crippen LogP) is 3.57. The van der Waals surface area contributed by atoms with Gasteiger partial charge in [-0.3, -0.25) is 0 Å². The standard InChI is InChI=1S/C13H11F3O2/c14-13(15,16)11-3-1-2-10(7-11)12(17)6-9-4-5-18-8-9/h1-5,7-8,12,17H,6H2. The molecule has 1 heterocycles. The van der Waals surface area contributed by atoms with Gasteiger partial charge >= 0.3 is 6.18 Å². The lowest BCUT2D eigenvalue weighted by molar-refractivity contribution is -0.137. The molecule has 2 nitrogen and oxygen atoms in total. The Kier molecular flexibility index (Phi) is 3.43. The molecule has 1 aromatic carbocycles. The zero-order chi connectivity index (χ0) is 13.2.